The standard InChI is InChI=1S/C13H20N2OS/c1-2-16-12-7-3-6-11(13(12)14)15-9-10-5-4-8-17-10/h3,6-7,10,15H,2,4-5,8-9,14H2,1H3. The first-order valence-electron chi connectivity index (χ1n) is 6.18. The molecule has 1 aliphatic rings. The van der Waals surface area contributed by atoms with Gasteiger partial charge in [-0.3, -0.25) is 0 Å². The molecule has 0 saturated carbocycles. The van der Waals surface area contributed by atoms with Crippen molar-refractivity contribution in [3.8, 4) is 5.75 Å². The van der Waals surface area contributed by atoms with Crippen molar-refractivity contribution < 1.29 is 4.74 Å². The summed E-state index contributed by atoms with van der Waals surface area (Å²) in [6.07, 6.45) is 2.65. The normalized spacial score (nSPS) is 19.2. The van der Waals surface area contributed by atoms with Crippen LogP contribution in [-0.2, 0) is 0 Å². The van der Waals surface area contributed by atoms with Crippen LogP contribution in [-0.4, -0.2) is 24.2 Å². The van der Waals surface area contributed by atoms with E-state index in [0.29, 0.717) is 6.61 Å². The summed E-state index contributed by atoms with van der Waals surface area (Å²) in [5.74, 6) is 2.07. The van der Waals surface area contributed by atoms with Gasteiger partial charge < -0.3 is 15.8 Å². The number of rotatable bonds is 5. The Kier molecular flexibility index (Phi) is 4.42. The van der Waals surface area contributed by atoms with Crippen LogP contribution in [0.4, 0.5) is 11.4 Å². The number of para-hydroxylation sites is 1. The third kappa shape index (κ3) is 3.22. The fraction of sp³-hybridized carbons (Fsp3) is 0.538. The van der Waals surface area contributed by atoms with Gasteiger partial charge in [0.25, 0.3) is 0 Å². The summed E-state index contributed by atoms with van der Waals surface area (Å²) in [5.41, 5.74) is 7.77. The highest BCUT2D eigenvalue weighted by atomic mass is 32.2. The van der Waals surface area contributed by atoms with Gasteiger partial charge in [-0.2, -0.15) is 11.8 Å². The average Bonchev–Trinajstić information content (AvgIpc) is 2.83. The minimum atomic E-state index is 0.645. The molecule has 1 aromatic rings. The molecule has 17 heavy (non-hydrogen) atoms. The molecule has 94 valence electrons. The van der Waals surface area contributed by atoms with E-state index in [0.717, 1.165) is 28.9 Å². The molecule has 4 heteroatoms. The number of nitrogen functional groups attached to an aromatic ring is 1. The Morgan fingerprint density at radius 1 is 1.53 bits per heavy atom. The molecule has 1 unspecified atom stereocenters. The molecule has 3 N–H and O–H groups in total. The first-order valence-corrected chi connectivity index (χ1v) is 7.23. The van der Waals surface area contributed by atoms with Crippen LogP contribution >= 0.6 is 11.8 Å². The van der Waals surface area contributed by atoms with Crippen LogP contribution in [0.3, 0.4) is 0 Å². The Morgan fingerprint density at radius 3 is 3.12 bits per heavy atom. The van der Waals surface area contributed by atoms with Gasteiger partial charge in [-0.05, 0) is 37.7 Å². The van der Waals surface area contributed by atoms with E-state index in [1.807, 2.05) is 36.9 Å². The third-order valence-corrected chi connectivity index (χ3v) is 4.31. The van der Waals surface area contributed by atoms with Crippen LogP contribution in [0.2, 0.25) is 0 Å². The molecule has 0 aromatic heterocycles. The number of hydrogen-bond acceptors (Lipinski definition) is 4. The minimum Gasteiger partial charge on any atom is -0.492 e. The van der Waals surface area contributed by atoms with Gasteiger partial charge in [0, 0.05) is 11.8 Å². The van der Waals surface area contributed by atoms with Crippen LogP contribution in [0.25, 0.3) is 0 Å². The van der Waals surface area contributed by atoms with Crippen molar-refractivity contribution in [1.82, 2.24) is 0 Å². The van der Waals surface area contributed by atoms with Gasteiger partial charge in [0.05, 0.1) is 18.0 Å². The maximum absolute atomic E-state index is 6.06. The van der Waals surface area contributed by atoms with Crippen LogP contribution in [0.5, 0.6) is 5.75 Å². The number of nitrogens with one attached hydrogen (secondary N) is 1. The molecule has 0 aliphatic carbocycles. The smallest absolute Gasteiger partial charge is 0.144 e. The van der Waals surface area contributed by atoms with Crippen molar-refractivity contribution in [2.45, 2.75) is 25.0 Å². The predicted molar refractivity (Wildman–Crippen MR) is 76.0 cm³/mol. The van der Waals surface area contributed by atoms with Crippen molar-refractivity contribution in [1.29, 1.82) is 0 Å². The van der Waals surface area contributed by atoms with Crippen molar-refractivity contribution >= 4 is 23.1 Å². The fourth-order valence-electron chi connectivity index (χ4n) is 2.01. The maximum atomic E-state index is 6.06. The van der Waals surface area contributed by atoms with Crippen LogP contribution < -0.4 is 15.8 Å². The fourth-order valence-corrected chi connectivity index (χ4v) is 3.21. The molecule has 1 fully saturated rings. The zero-order chi connectivity index (χ0) is 12.1. The predicted octanol–water partition coefficient (Wildman–Crippen LogP) is 2.98. The highest BCUT2D eigenvalue weighted by Gasteiger charge is 2.15. The highest BCUT2D eigenvalue weighted by molar-refractivity contribution is 8.00. The Balaban J connectivity index is 1.97. The minimum absolute atomic E-state index is 0.645. The van der Waals surface area contributed by atoms with Crippen LogP contribution in [0.1, 0.15) is 19.8 Å². The van der Waals surface area contributed by atoms with Crippen molar-refractivity contribution in [2.24, 2.45) is 0 Å². The quantitative estimate of drug-likeness (QED) is 0.791. The SMILES string of the molecule is CCOc1cccc(NCC2CCCS2)c1N. The van der Waals surface area contributed by atoms with E-state index in [1.54, 1.807) is 0 Å². The van der Waals surface area contributed by atoms with E-state index >= 15 is 0 Å². The molecule has 1 aliphatic heterocycles. The van der Waals surface area contributed by atoms with Gasteiger partial charge in [0.2, 0.25) is 0 Å². The molecular formula is C13H20N2OS. The van der Waals surface area contributed by atoms with Gasteiger partial charge in [-0.15, -0.1) is 0 Å². The lowest BCUT2D eigenvalue weighted by Gasteiger charge is -2.15. The first kappa shape index (κ1) is 12.4. The Labute approximate surface area is 107 Å². The second-order valence-electron chi connectivity index (χ2n) is 4.17. The maximum Gasteiger partial charge on any atom is 0.144 e. The molecule has 2 rings (SSSR count). The molecule has 0 spiro atoms. The molecule has 0 amide bonds. The number of nitrogens with two attached hydrogens (primary N) is 1. The van der Waals surface area contributed by atoms with E-state index in [2.05, 4.69) is 5.32 Å². The van der Waals surface area contributed by atoms with Gasteiger partial charge in [-0.1, -0.05) is 6.07 Å². The summed E-state index contributed by atoms with van der Waals surface area (Å²) >= 11 is 2.05. The molecule has 1 atom stereocenters. The van der Waals surface area contributed by atoms with Crippen LogP contribution in [0.15, 0.2) is 18.2 Å². The van der Waals surface area contributed by atoms with Crippen molar-refractivity contribution in [3.05, 3.63) is 18.2 Å². The summed E-state index contributed by atoms with van der Waals surface area (Å²) in [5, 5.41) is 4.15. The van der Waals surface area contributed by atoms with Gasteiger partial charge in [0.15, 0.2) is 0 Å². The average molecular weight is 252 g/mol. The highest BCUT2D eigenvalue weighted by Crippen LogP contribution is 2.31. The van der Waals surface area contributed by atoms with Crippen molar-refractivity contribution in [2.75, 3.05) is 30.0 Å². The molecule has 1 heterocycles. The lowest BCUT2D eigenvalue weighted by atomic mass is 10.2. The summed E-state index contributed by atoms with van der Waals surface area (Å²) in [6.45, 7) is 3.60. The summed E-state index contributed by atoms with van der Waals surface area (Å²) in [4.78, 5) is 0. The lowest BCUT2D eigenvalue weighted by molar-refractivity contribution is 0.342. The Morgan fingerprint density at radius 2 is 2.41 bits per heavy atom. The number of benzene rings is 1. The molecule has 1 aromatic carbocycles. The molecular weight excluding hydrogens is 232 g/mol. The largest absolute Gasteiger partial charge is 0.492 e. The van der Waals surface area contributed by atoms with E-state index in [4.69, 9.17) is 10.5 Å². The zero-order valence-corrected chi connectivity index (χ0v) is 11.1. The van der Waals surface area contributed by atoms with Crippen LogP contribution in [0, 0.1) is 0 Å². The second kappa shape index (κ2) is 6.05. The number of hydrogen-bond donors (Lipinski definition) is 2. The topological polar surface area (TPSA) is 47.3 Å². The Hall–Kier alpha value is -1.03. The van der Waals surface area contributed by atoms with Gasteiger partial charge in [0.1, 0.15) is 5.75 Å². The molecule has 0 bridgehead atoms. The summed E-state index contributed by atoms with van der Waals surface area (Å²) in [7, 11) is 0. The first-order chi connectivity index (χ1) is 8.31. The molecule has 3 nitrogen and oxygen atoms in total. The summed E-state index contributed by atoms with van der Waals surface area (Å²) < 4.78 is 5.48. The molecule has 1 saturated heterocycles. The van der Waals surface area contributed by atoms with Crippen molar-refractivity contribution in [3.63, 3.8) is 0 Å². The Bertz CT molecular complexity index is 364. The monoisotopic (exact) mass is 252 g/mol. The number of thioether (sulfide) groups is 1. The van der Waals surface area contributed by atoms with E-state index in [9.17, 15) is 0 Å². The van der Waals surface area contributed by atoms with Gasteiger partial charge in [-0.25, -0.2) is 0 Å². The number of ether oxygens (including phenoxy) is 1. The summed E-state index contributed by atoms with van der Waals surface area (Å²) in [6, 6.07) is 5.90. The van der Waals surface area contributed by atoms with E-state index in [1.165, 1.54) is 18.6 Å². The molecule has 0 radical (unpaired) electrons. The van der Waals surface area contributed by atoms with Gasteiger partial charge >= 0.3 is 0 Å². The number of anilines is 2. The third-order valence-electron chi connectivity index (χ3n) is 2.91. The van der Waals surface area contributed by atoms with E-state index < -0.39 is 0 Å². The zero-order valence-electron chi connectivity index (χ0n) is 10.2. The second-order valence-corrected chi connectivity index (χ2v) is 5.57. The van der Waals surface area contributed by atoms with E-state index in [-0.39, 0.29) is 0 Å². The lowest BCUT2D eigenvalue weighted by Crippen LogP contribution is -2.14.